The van der Waals surface area contributed by atoms with Crippen molar-refractivity contribution < 1.29 is 13.5 Å². The predicted octanol–water partition coefficient (Wildman–Crippen LogP) is 2.26. The van der Waals surface area contributed by atoms with Crippen molar-refractivity contribution in [2.45, 2.75) is 25.7 Å². The first-order valence-corrected chi connectivity index (χ1v) is 5.84. The molecule has 0 atom stereocenters. The average Bonchev–Trinajstić information content (AvgIpc) is 2.75. The molecule has 0 spiro atoms. The molecule has 0 bridgehead atoms. The molecular formula is C12H16F2N2O. The number of aromatic nitrogens is 1. The van der Waals surface area contributed by atoms with Crippen molar-refractivity contribution in [2.24, 2.45) is 0 Å². The van der Waals surface area contributed by atoms with E-state index in [1.165, 1.54) is 12.0 Å². The van der Waals surface area contributed by atoms with Gasteiger partial charge in [-0.3, -0.25) is 0 Å². The SMILES string of the molecule is FC(F)COCCNc1ccc2c(n1)CCC2. The Morgan fingerprint density at radius 1 is 1.35 bits per heavy atom. The van der Waals surface area contributed by atoms with Crippen molar-refractivity contribution in [1.29, 1.82) is 0 Å². The monoisotopic (exact) mass is 242 g/mol. The molecule has 1 aliphatic carbocycles. The van der Waals surface area contributed by atoms with Gasteiger partial charge in [0.25, 0.3) is 6.43 Å². The first-order valence-electron chi connectivity index (χ1n) is 5.84. The van der Waals surface area contributed by atoms with Crippen molar-refractivity contribution in [2.75, 3.05) is 25.1 Å². The first kappa shape index (κ1) is 12.2. The quantitative estimate of drug-likeness (QED) is 0.777. The van der Waals surface area contributed by atoms with Gasteiger partial charge in [0.1, 0.15) is 12.4 Å². The fourth-order valence-corrected chi connectivity index (χ4v) is 1.94. The highest BCUT2D eigenvalue weighted by Crippen LogP contribution is 2.21. The molecule has 1 heterocycles. The van der Waals surface area contributed by atoms with E-state index in [2.05, 4.69) is 16.4 Å². The number of nitrogens with zero attached hydrogens (tertiary/aromatic N) is 1. The maximum Gasteiger partial charge on any atom is 0.261 e. The Hall–Kier alpha value is -1.23. The van der Waals surface area contributed by atoms with Crippen LogP contribution in [0.25, 0.3) is 0 Å². The molecule has 17 heavy (non-hydrogen) atoms. The number of halogens is 2. The van der Waals surface area contributed by atoms with Crippen LogP contribution in [0.5, 0.6) is 0 Å². The first-order chi connectivity index (χ1) is 8.25. The number of alkyl halides is 2. The van der Waals surface area contributed by atoms with Crippen LogP contribution in [-0.4, -0.2) is 31.2 Å². The summed E-state index contributed by atoms with van der Waals surface area (Å²) in [6, 6.07) is 4.01. The molecule has 1 aromatic heterocycles. The van der Waals surface area contributed by atoms with Crippen LogP contribution in [0.4, 0.5) is 14.6 Å². The molecular weight excluding hydrogens is 226 g/mol. The van der Waals surface area contributed by atoms with Gasteiger partial charge in [-0.15, -0.1) is 0 Å². The molecule has 3 nitrogen and oxygen atoms in total. The Morgan fingerprint density at radius 2 is 2.24 bits per heavy atom. The second kappa shape index (κ2) is 5.91. The van der Waals surface area contributed by atoms with Gasteiger partial charge in [-0.2, -0.15) is 0 Å². The van der Waals surface area contributed by atoms with Gasteiger partial charge in [-0.25, -0.2) is 13.8 Å². The molecule has 0 saturated carbocycles. The minimum atomic E-state index is -2.40. The van der Waals surface area contributed by atoms with E-state index in [1.54, 1.807) is 0 Å². The Balaban J connectivity index is 1.72. The van der Waals surface area contributed by atoms with Crippen LogP contribution in [0.15, 0.2) is 12.1 Å². The molecule has 1 aromatic rings. The van der Waals surface area contributed by atoms with Crippen molar-refractivity contribution in [1.82, 2.24) is 4.98 Å². The summed E-state index contributed by atoms with van der Waals surface area (Å²) < 4.78 is 28.3. The van der Waals surface area contributed by atoms with Crippen molar-refractivity contribution >= 4 is 5.82 Å². The van der Waals surface area contributed by atoms with Crippen molar-refractivity contribution in [3.05, 3.63) is 23.4 Å². The van der Waals surface area contributed by atoms with Gasteiger partial charge in [0.05, 0.1) is 6.61 Å². The number of rotatable bonds is 6. The third kappa shape index (κ3) is 3.63. The fourth-order valence-electron chi connectivity index (χ4n) is 1.94. The molecule has 5 heteroatoms. The summed E-state index contributed by atoms with van der Waals surface area (Å²) in [5, 5.41) is 3.07. The molecule has 94 valence electrons. The Morgan fingerprint density at radius 3 is 3.06 bits per heavy atom. The number of ether oxygens (including phenoxy) is 1. The van der Waals surface area contributed by atoms with E-state index in [0.29, 0.717) is 6.54 Å². The summed E-state index contributed by atoms with van der Waals surface area (Å²) >= 11 is 0. The zero-order valence-electron chi connectivity index (χ0n) is 9.59. The minimum Gasteiger partial charge on any atom is -0.374 e. The van der Waals surface area contributed by atoms with Gasteiger partial charge in [0, 0.05) is 12.2 Å². The van der Waals surface area contributed by atoms with Gasteiger partial charge in [0.15, 0.2) is 0 Å². The van der Waals surface area contributed by atoms with Gasteiger partial charge in [-0.05, 0) is 30.9 Å². The highest BCUT2D eigenvalue weighted by Gasteiger charge is 2.12. The van der Waals surface area contributed by atoms with Crippen LogP contribution in [0.1, 0.15) is 17.7 Å². The molecule has 0 saturated heterocycles. The Kier molecular flexibility index (Phi) is 4.25. The fraction of sp³-hybridized carbons (Fsp3) is 0.583. The number of fused-ring (bicyclic) bond motifs is 1. The van der Waals surface area contributed by atoms with E-state index in [9.17, 15) is 8.78 Å². The standard InChI is InChI=1S/C12H16F2N2O/c13-11(14)8-17-7-6-15-12-5-4-9-2-1-3-10(9)16-12/h4-5,11H,1-3,6-8H2,(H,15,16). The molecule has 0 aliphatic heterocycles. The number of pyridine rings is 1. The van der Waals surface area contributed by atoms with Crippen LogP contribution in [0.2, 0.25) is 0 Å². The van der Waals surface area contributed by atoms with E-state index in [1.807, 2.05) is 6.07 Å². The number of hydrogen-bond acceptors (Lipinski definition) is 3. The molecule has 2 rings (SSSR count). The lowest BCUT2D eigenvalue weighted by Gasteiger charge is -2.08. The van der Waals surface area contributed by atoms with Gasteiger partial charge in [0.2, 0.25) is 0 Å². The van der Waals surface area contributed by atoms with E-state index < -0.39 is 13.0 Å². The normalized spacial score (nSPS) is 14.1. The largest absolute Gasteiger partial charge is 0.374 e. The zero-order chi connectivity index (χ0) is 12.1. The van der Waals surface area contributed by atoms with Gasteiger partial charge in [-0.1, -0.05) is 6.07 Å². The molecule has 0 radical (unpaired) electrons. The van der Waals surface area contributed by atoms with E-state index in [4.69, 9.17) is 4.74 Å². The molecule has 1 aliphatic rings. The second-order valence-electron chi connectivity index (χ2n) is 4.05. The van der Waals surface area contributed by atoms with Crippen molar-refractivity contribution in [3.8, 4) is 0 Å². The van der Waals surface area contributed by atoms with Crippen LogP contribution < -0.4 is 5.32 Å². The number of anilines is 1. The summed E-state index contributed by atoms with van der Waals surface area (Å²) in [7, 11) is 0. The Bertz CT molecular complexity index is 372. The van der Waals surface area contributed by atoms with Crippen LogP contribution >= 0.6 is 0 Å². The van der Waals surface area contributed by atoms with Crippen molar-refractivity contribution in [3.63, 3.8) is 0 Å². The van der Waals surface area contributed by atoms with Gasteiger partial charge < -0.3 is 10.1 Å². The maximum atomic E-state index is 11.8. The number of aryl methyl sites for hydroxylation is 2. The maximum absolute atomic E-state index is 11.8. The molecule has 1 N–H and O–H groups in total. The summed E-state index contributed by atoms with van der Waals surface area (Å²) in [4.78, 5) is 4.47. The van der Waals surface area contributed by atoms with E-state index >= 15 is 0 Å². The average molecular weight is 242 g/mol. The summed E-state index contributed by atoms with van der Waals surface area (Å²) in [6.45, 7) is 0.265. The third-order valence-corrected chi connectivity index (χ3v) is 2.72. The van der Waals surface area contributed by atoms with Crippen LogP contribution in [0, 0.1) is 0 Å². The number of nitrogens with one attached hydrogen (secondary N) is 1. The van der Waals surface area contributed by atoms with Crippen LogP contribution in [0.3, 0.4) is 0 Å². The highest BCUT2D eigenvalue weighted by atomic mass is 19.3. The van der Waals surface area contributed by atoms with E-state index in [-0.39, 0.29) is 6.61 Å². The van der Waals surface area contributed by atoms with Crippen LogP contribution in [-0.2, 0) is 17.6 Å². The minimum absolute atomic E-state index is 0.267. The summed E-state index contributed by atoms with van der Waals surface area (Å²) in [6.07, 6.45) is 0.920. The second-order valence-corrected chi connectivity index (χ2v) is 4.05. The molecule has 0 unspecified atom stereocenters. The Labute approximate surface area is 99.2 Å². The van der Waals surface area contributed by atoms with E-state index in [0.717, 1.165) is 24.4 Å². The summed E-state index contributed by atoms with van der Waals surface area (Å²) in [5.41, 5.74) is 2.48. The highest BCUT2D eigenvalue weighted by molar-refractivity contribution is 5.40. The molecule has 0 fully saturated rings. The van der Waals surface area contributed by atoms with Gasteiger partial charge >= 0.3 is 0 Å². The zero-order valence-corrected chi connectivity index (χ0v) is 9.59. The predicted molar refractivity (Wildman–Crippen MR) is 61.6 cm³/mol. The smallest absolute Gasteiger partial charge is 0.261 e. The lowest BCUT2D eigenvalue weighted by molar-refractivity contribution is 0.0215. The lowest BCUT2D eigenvalue weighted by atomic mass is 10.2. The lowest BCUT2D eigenvalue weighted by Crippen LogP contribution is -2.13. The molecule has 0 aromatic carbocycles. The topological polar surface area (TPSA) is 34.1 Å². The molecule has 0 amide bonds. The third-order valence-electron chi connectivity index (χ3n) is 2.72. The summed E-state index contributed by atoms with van der Waals surface area (Å²) in [5.74, 6) is 0.797. The number of hydrogen-bond donors (Lipinski definition) is 1.